The molecule has 16 heavy (non-hydrogen) atoms. The highest BCUT2D eigenvalue weighted by Crippen LogP contribution is 2.19. The zero-order valence-corrected chi connectivity index (χ0v) is 9.31. The number of rotatable bonds is 3. The number of hydrogen-bond donors (Lipinski definition) is 1. The molecule has 0 bridgehead atoms. The topological polar surface area (TPSA) is 43.1 Å². The lowest BCUT2D eigenvalue weighted by Crippen LogP contribution is -2.28. The van der Waals surface area contributed by atoms with Crippen LogP contribution in [0.5, 0.6) is 0 Å². The maximum absolute atomic E-state index is 11.6. The van der Waals surface area contributed by atoms with E-state index in [1.807, 2.05) is 30.3 Å². The summed E-state index contributed by atoms with van der Waals surface area (Å²) in [5.41, 5.74) is 6.63. The molecule has 0 amide bonds. The van der Waals surface area contributed by atoms with Crippen LogP contribution in [0.2, 0.25) is 0 Å². The average Bonchev–Trinajstić information content (AvgIpc) is 2.29. The van der Waals surface area contributed by atoms with Gasteiger partial charge in [0, 0.05) is 6.42 Å². The van der Waals surface area contributed by atoms with Gasteiger partial charge in [-0.2, -0.15) is 0 Å². The summed E-state index contributed by atoms with van der Waals surface area (Å²) in [5, 5.41) is 2.30. The molecule has 0 aliphatic rings. The molecule has 0 aliphatic heterocycles. The first-order chi connectivity index (χ1) is 7.68. The van der Waals surface area contributed by atoms with Gasteiger partial charge in [-0.3, -0.25) is 4.79 Å². The van der Waals surface area contributed by atoms with Gasteiger partial charge in [0.2, 0.25) is 0 Å². The summed E-state index contributed by atoms with van der Waals surface area (Å²) in [7, 11) is 0. The monoisotopic (exact) mass is 213 g/mol. The van der Waals surface area contributed by atoms with Crippen LogP contribution in [0, 0.1) is 0 Å². The molecule has 2 N–H and O–H groups in total. The highest BCUT2D eigenvalue weighted by Gasteiger charge is 2.10. The number of Topliss-reactive ketones (excluding diaryl/α,β-unsaturated/α-hetero) is 1. The van der Waals surface area contributed by atoms with E-state index in [1.54, 1.807) is 6.92 Å². The highest BCUT2D eigenvalue weighted by atomic mass is 16.1. The van der Waals surface area contributed by atoms with Crippen LogP contribution < -0.4 is 5.73 Å². The maximum Gasteiger partial charge on any atom is 0.153 e. The predicted molar refractivity (Wildman–Crippen MR) is 66.3 cm³/mol. The predicted octanol–water partition coefficient (Wildman–Crippen LogP) is 2.30. The van der Waals surface area contributed by atoms with Crippen molar-refractivity contribution in [2.75, 3.05) is 0 Å². The Kier molecular flexibility index (Phi) is 3.02. The Morgan fingerprint density at radius 1 is 1.19 bits per heavy atom. The van der Waals surface area contributed by atoms with E-state index >= 15 is 0 Å². The number of carbonyl (C=O) groups is 1. The largest absolute Gasteiger partial charge is 0.322 e. The average molecular weight is 213 g/mol. The van der Waals surface area contributed by atoms with Crippen molar-refractivity contribution in [2.45, 2.75) is 19.4 Å². The van der Waals surface area contributed by atoms with Crippen LogP contribution in [0.25, 0.3) is 10.8 Å². The van der Waals surface area contributed by atoms with Gasteiger partial charge in [0.25, 0.3) is 0 Å². The second kappa shape index (κ2) is 4.45. The Bertz CT molecular complexity index is 512. The van der Waals surface area contributed by atoms with E-state index in [0.717, 1.165) is 16.3 Å². The number of ketones is 1. The summed E-state index contributed by atoms with van der Waals surface area (Å²) >= 11 is 0. The second-order valence-corrected chi connectivity index (χ2v) is 4.07. The van der Waals surface area contributed by atoms with E-state index in [9.17, 15) is 4.79 Å². The summed E-state index contributed by atoms with van der Waals surface area (Å²) < 4.78 is 0. The van der Waals surface area contributed by atoms with Crippen molar-refractivity contribution in [3.05, 3.63) is 48.0 Å². The number of carbonyl (C=O) groups excluding carboxylic acids is 1. The molecule has 0 heterocycles. The fraction of sp³-hybridized carbons (Fsp3) is 0.214. The van der Waals surface area contributed by atoms with E-state index < -0.39 is 0 Å². The first-order valence-corrected chi connectivity index (χ1v) is 5.43. The van der Waals surface area contributed by atoms with E-state index in [4.69, 9.17) is 5.73 Å². The van der Waals surface area contributed by atoms with Crippen molar-refractivity contribution >= 4 is 16.6 Å². The zero-order valence-electron chi connectivity index (χ0n) is 9.31. The quantitative estimate of drug-likeness (QED) is 0.850. The molecule has 0 spiro atoms. The summed E-state index contributed by atoms with van der Waals surface area (Å²) in [6.07, 6.45) is 0.416. The van der Waals surface area contributed by atoms with Crippen molar-refractivity contribution < 1.29 is 4.79 Å². The Morgan fingerprint density at radius 2 is 1.88 bits per heavy atom. The highest BCUT2D eigenvalue weighted by molar-refractivity contribution is 5.92. The standard InChI is InChI=1S/C14H15NO/c1-10(15)14(16)9-12-7-4-6-11-5-2-3-8-13(11)12/h2-8,10H,9,15H2,1H3. The van der Waals surface area contributed by atoms with Crippen molar-refractivity contribution in [3.8, 4) is 0 Å². The fourth-order valence-electron chi connectivity index (χ4n) is 1.80. The van der Waals surface area contributed by atoms with Crippen LogP contribution in [-0.2, 0) is 11.2 Å². The molecule has 0 aliphatic carbocycles. The number of nitrogens with two attached hydrogens (primary N) is 1. The Hall–Kier alpha value is -1.67. The normalized spacial score (nSPS) is 12.6. The molecule has 2 nitrogen and oxygen atoms in total. The molecular weight excluding hydrogens is 198 g/mol. The van der Waals surface area contributed by atoms with Gasteiger partial charge < -0.3 is 5.73 Å². The lowest BCUT2D eigenvalue weighted by molar-refractivity contribution is -0.119. The molecule has 0 aromatic heterocycles. The molecule has 2 rings (SSSR count). The molecule has 0 radical (unpaired) electrons. The summed E-state index contributed by atoms with van der Waals surface area (Å²) in [5.74, 6) is 0.0800. The van der Waals surface area contributed by atoms with Crippen LogP contribution >= 0.6 is 0 Å². The zero-order chi connectivity index (χ0) is 11.5. The van der Waals surface area contributed by atoms with Gasteiger partial charge in [-0.25, -0.2) is 0 Å². The van der Waals surface area contributed by atoms with Crippen molar-refractivity contribution in [2.24, 2.45) is 5.73 Å². The third-order valence-corrected chi connectivity index (χ3v) is 2.75. The molecule has 82 valence electrons. The lowest BCUT2D eigenvalue weighted by atomic mass is 9.99. The molecule has 2 aromatic carbocycles. The molecule has 0 saturated heterocycles. The Labute approximate surface area is 95.1 Å². The van der Waals surface area contributed by atoms with Crippen LogP contribution in [-0.4, -0.2) is 11.8 Å². The smallest absolute Gasteiger partial charge is 0.153 e. The molecule has 0 fully saturated rings. The summed E-state index contributed by atoms with van der Waals surface area (Å²) in [6, 6.07) is 13.7. The van der Waals surface area contributed by atoms with E-state index in [0.29, 0.717) is 6.42 Å². The van der Waals surface area contributed by atoms with Gasteiger partial charge in [-0.15, -0.1) is 0 Å². The maximum atomic E-state index is 11.6. The van der Waals surface area contributed by atoms with Crippen LogP contribution in [0.15, 0.2) is 42.5 Å². The van der Waals surface area contributed by atoms with E-state index in [2.05, 4.69) is 12.1 Å². The minimum absolute atomic E-state index is 0.0800. The summed E-state index contributed by atoms with van der Waals surface area (Å²) in [6.45, 7) is 1.73. The minimum Gasteiger partial charge on any atom is -0.322 e. The minimum atomic E-state index is -0.390. The first kappa shape index (κ1) is 10.8. The van der Waals surface area contributed by atoms with Gasteiger partial charge >= 0.3 is 0 Å². The van der Waals surface area contributed by atoms with Crippen molar-refractivity contribution in [3.63, 3.8) is 0 Å². The number of fused-ring (bicyclic) bond motifs is 1. The van der Waals surface area contributed by atoms with E-state index in [1.165, 1.54) is 0 Å². The molecule has 1 unspecified atom stereocenters. The van der Waals surface area contributed by atoms with Gasteiger partial charge in [0.1, 0.15) is 0 Å². The molecule has 1 atom stereocenters. The van der Waals surface area contributed by atoms with Crippen molar-refractivity contribution in [1.29, 1.82) is 0 Å². The Balaban J connectivity index is 2.41. The van der Waals surface area contributed by atoms with Crippen LogP contribution in [0.4, 0.5) is 0 Å². The molecule has 0 saturated carbocycles. The number of hydrogen-bond acceptors (Lipinski definition) is 2. The van der Waals surface area contributed by atoms with Gasteiger partial charge in [0.15, 0.2) is 5.78 Å². The lowest BCUT2D eigenvalue weighted by Gasteiger charge is -2.07. The SMILES string of the molecule is CC(N)C(=O)Cc1cccc2ccccc12. The second-order valence-electron chi connectivity index (χ2n) is 4.07. The van der Waals surface area contributed by atoms with Gasteiger partial charge in [0.05, 0.1) is 6.04 Å². The van der Waals surface area contributed by atoms with Crippen LogP contribution in [0.3, 0.4) is 0 Å². The molecule has 2 heteroatoms. The van der Waals surface area contributed by atoms with Gasteiger partial charge in [-0.1, -0.05) is 42.5 Å². The number of benzene rings is 2. The first-order valence-electron chi connectivity index (χ1n) is 5.43. The molecular formula is C14H15NO. The van der Waals surface area contributed by atoms with E-state index in [-0.39, 0.29) is 11.8 Å². The fourth-order valence-corrected chi connectivity index (χ4v) is 1.80. The molecule has 2 aromatic rings. The summed E-state index contributed by atoms with van der Waals surface area (Å²) in [4.78, 5) is 11.6. The van der Waals surface area contributed by atoms with Crippen LogP contribution in [0.1, 0.15) is 12.5 Å². The third-order valence-electron chi connectivity index (χ3n) is 2.75. The third kappa shape index (κ3) is 2.12. The Morgan fingerprint density at radius 3 is 2.62 bits per heavy atom. The van der Waals surface area contributed by atoms with Gasteiger partial charge in [-0.05, 0) is 23.3 Å². The van der Waals surface area contributed by atoms with Crippen molar-refractivity contribution in [1.82, 2.24) is 0 Å².